The number of esters is 1. The number of piperidine rings is 1. The molecule has 0 aromatic heterocycles. The fourth-order valence-electron chi connectivity index (χ4n) is 5.28. The Labute approximate surface area is 175 Å². The zero-order valence-corrected chi connectivity index (χ0v) is 18.6. The summed E-state index contributed by atoms with van der Waals surface area (Å²) in [5, 5.41) is 0. The molecule has 0 atom stereocenters. The van der Waals surface area contributed by atoms with E-state index in [4.69, 9.17) is 4.74 Å². The molecule has 1 aliphatic carbocycles. The van der Waals surface area contributed by atoms with Crippen LogP contribution in [0.15, 0.2) is 30.9 Å². The van der Waals surface area contributed by atoms with E-state index in [0.29, 0.717) is 11.7 Å². The van der Waals surface area contributed by atoms with Crippen LogP contribution in [0.2, 0.25) is 0 Å². The Morgan fingerprint density at radius 3 is 2.24 bits per heavy atom. The third-order valence-electron chi connectivity index (χ3n) is 7.38. The second kappa shape index (κ2) is 8.22. The van der Waals surface area contributed by atoms with Crippen LogP contribution >= 0.6 is 0 Å². The van der Waals surface area contributed by atoms with Crippen LogP contribution in [0, 0.1) is 17.7 Å². The summed E-state index contributed by atoms with van der Waals surface area (Å²) < 4.78 is 20.5. The molecule has 0 radical (unpaired) electrons. The second-order valence-electron chi connectivity index (χ2n) is 10.2. The van der Waals surface area contributed by atoms with Gasteiger partial charge in [-0.05, 0) is 96.7 Å². The Bertz CT molecular complexity index is 744. The average Bonchev–Trinajstić information content (AvgIpc) is 2.65. The van der Waals surface area contributed by atoms with Crippen LogP contribution < -0.4 is 4.74 Å². The van der Waals surface area contributed by atoms with Gasteiger partial charge in [0.25, 0.3) is 0 Å². The molecule has 1 aromatic carbocycles. The highest BCUT2D eigenvalue weighted by molar-refractivity contribution is 5.75. The molecule has 1 heterocycles. The fraction of sp³-hybridized carbons (Fsp3) is 0.640. The number of nitrogens with zero attached hydrogens (tertiary/aromatic N) is 1. The molecular weight excluding hydrogens is 365 g/mol. The Hall–Kier alpha value is -1.68. The van der Waals surface area contributed by atoms with Crippen molar-refractivity contribution in [3.05, 3.63) is 42.2 Å². The number of rotatable bonds is 4. The van der Waals surface area contributed by atoms with Crippen molar-refractivity contribution in [1.29, 1.82) is 0 Å². The maximum absolute atomic E-state index is 15.0. The highest BCUT2D eigenvalue weighted by atomic mass is 19.1. The van der Waals surface area contributed by atoms with E-state index in [9.17, 15) is 4.79 Å². The van der Waals surface area contributed by atoms with Crippen LogP contribution in [-0.2, 0) is 4.79 Å². The number of likely N-dealkylation sites (tertiary alicyclic amines) is 1. The fourth-order valence-corrected chi connectivity index (χ4v) is 5.28. The smallest absolute Gasteiger partial charge is 0.314 e. The van der Waals surface area contributed by atoms with Gasteiger partial charge in [0, 0.05) is 17.1 Å². The summed E-state index contributed by atoms with van der Waals surface area (Å²) in [7, 11) is 2.15. The first-order valence-electron chi connectivity index (χ1n) is 10.9. The van der Waals surface area contributed by atoms with Gasteiger partial charge in [0.15, 0.2) is 0 Å². The first-order valence-corrected chi connectivity index (χ1v) is 10.9. The van der Waals surface area contributed by atoms with Crippen molar-refractivity contribution in [2.24, 2.45) is 11.8 Å². The third kappa shape index (κ3) is 4.74. The quantitative estimate of drug-likeness (QED) is 0.347. The molecule has 0 N–H and O–H groups in total. The van der Waals surface area contributed by atoms with E-state index in [2.05, 4.69) is 46.2 Å². The van der Waals surface area contributed by atoms with Gasteiger partial charge in [-0.3, -0.25) is 9.69 Å². The van der Waals surface area contributed by atoms with Crippen LogP contribution in [0.4, 0.5) is 4.39 Å². The van der Waals surface area contributed by atoms with E-state index in [1.807, 2.05) is 12.1 Å². The minimum Gasteiger partial charge on any atom is -0.426 e. The first kappa shape index (κ1) is 22.0. The standard InChI is InChI=1S/C25H36FNO2/c1-7-17-8-10-18(11-9-17)23(28)29-20-12-13-21(22(26)14-20)19-15-24(2,3)27(6)25(4,5)16-19/h7,12-14,17-19H,1,8-11,15-16H2,2-6H3. The van der Waals surface area contributed by atoms with Gasteiger partial charge >= 0.3 is 5.97 Å². The topological polar surface area (TPSA) is 29.5 Å². The van der Waals surface area contributed by atoms with Gasteiger partial charge in [-0.1, -0.05) is 12.1 Å². The molecule has 160 valence electrons. The molecule has 1 aromatic rings. The predicted octanol–water partition coefficient (Wildman–Crippen LogP) is 6.09. The van der Waals surface area contributed by atoms with Crippen molar-refractivity contribution in [3.8, 4) is 5.75 Å². The molecule has 0 amide bonds. The van der Waals surface area contributed by atoms with E-state index in [1.54, 1.807) is 6.07 Å². The SMILES string of the molecule is C=CC1CCC(C(=O)Oc2ccc(C3CC(C)(C)N(C)C(C)(C)C3)c(F)c2)CC1. The minimum atomic E-state index is -0.271. The highest BCUT2D eigenvalue weighted by Gasteiger charge is 2.44. The van der Waals surface area contributed by atoms with Gasteiger partial charge in [0.05, 0.1) is 5.92 Å². The maximum atomic E-state index is 15.0. The van der Waals surface area contributed by atoms with E-state index in [1.165, 1.54) is 6.07 Å². The molecule has 1 saturated carbocycles. The van der Waals surface area contributed by atoms with Crippen LogP contribution in [0.3, 0.4) is 0 Å². The van der Waals surface area contributed by atoms with E-state index in [-0.39, 0.29) is 34.7 Å². The Kier molecular flexibility index (Phi) is 6.24. The Morgan fingerprint density at radius 2 is 1.72 bits per heavy atom. The molecule has 3 nitrogen and oxygen atoms in total. The number of benzene rings is 1. The summed E-state index contributed by atoms with van der Waals surface area (Å²) in [5.41, 5.74) is 0.716. The molecular formula is C25H36FNO2. The lowest BCUT2D eigenvalue weighted by atomic mass is 9.71. The molecule has 2 aliphatic rings. The molecule has 3 rings (SSSR count). The summed E-state index contributed by atoms with van der Waals surface area (Å²) in [6.07, 6.45) is 7.34. The summed E-state index contributed by atoms with van der Waals surface area (Å²) in [6, 6.07) is 4.96. The molecule has 29 heavy (non-hydrogen) atoms. The largest absolute Gasteiger partial charge is 0.426 e. The normalized spacial score (nSPS) is 27.4. The molecule has 0 unspecified atom stereocenters. The lowest BCUT2D eigenvalue weighted by Crippen LogP contribution is -2.58. The van der Waals surface area contributed by atoms with Crippen LogP contribution in [0.5, 0.6) is 5.75 Å². The van der Waals surface area contributed by atoms with E-state index in [0.717, 1.165) is 44.1 Å². The number of carbonyl (C=O) groups is 1. The Morgan fingerprint density at radius 1 is 1.14 bits per heavy atom. The van der Waals surface area contributed by atoms with Gasteiger partial charge in [0.2, 0.25) is 0 Å². The molecule has 1 aliphatic heterocycles. The van der Waals surface area contributed by atoms with Crippen LogP contribution in [0.25, 0.3) is 0 Å². The van der Waals surface area contributed by atoms with Crippen LogP contribution in [0.1, 0.15) is 77.7 Å². The second-order valence-corrected chi connectivity index (χ2v) is 10.2. The van der Waals surface area contributed by atoms with E-state index < -0.39 is 0 Å². The van der Waals surface area contributed by atoms with Crippen molar-refractivity contribution in [2.75, 3.05) is 7.05 Å². The Balaban J connectivity index is 1.69. The summed E-state index contributed by atoms with van der Waals surface area (Å²) in [4.78, 5) is 14.9. The lowest BCUT2D eigenvalue weighted by molar-refractivity contribution is -0.140. The highest BCUT2D eigenvalue weighted by Crippen LogP contribution is 2.45. The summed E-state index contributed by atoms with van der Waals surface area (Å²) in [5.74, 6) is 0.361. The number of allylic oxidation sites excluding steroid dienone is 1. The first-order chi connectivity index (χ1) is 13.5. The third-order valence-corrected chi connectivity index (χ3v) is 7.38. The molecule has 2 fully saturated rings. The average molecular weight is 402 g/mol. The molecule has 4 heteroatoms. The van der Waals surface area contributed by atoms with Gasteiger partial charge in [0.1, 0.15) is 11.6 Å². The number of hydrogen-bond donors (Lipinski definition) is 0. The molecule has 0 spiro atoms. The van der Waals surface area contributed by atoms with Gasteiger partial charge in [-0.2, -0.15) is 0 Å². The lowest BCUT2D eigenvalue weighted by Gasteiger charge is -2.53. The van der Waals surface area contributed by atoms with Crippen molar-refractivity contribution in [3.63, 3.8) is 0 Å². The van der Waals surface area contributed by atoms with Crippen LogP contribution in [-0.4, -0.2) is 29.0 Å². The number of ether oxygens (including phenoxy) is 1. The van der Waals surface area contributed by atoms with Crippen molar-refractivity contribution < 1.29 is 13.9 Å². The number of halogens is 1. The monoisotopic (exact) mass is 401 g/mol. The van der Waals surface area contributed by atoms with Gasteiger partial charge in [-0.25, -0.2) is 4.39 Å². The zero-order chi connectivity index (χ0) is 21.4. The van der Waals surface area contributed by atoms with Crippen molar-refractivity contribution >= 4 is 5.97 Å². The minimum absolute atomic E-state index is 0.00568. The zero-order valence-electron chi connectivity index (χ0n) is 18.6. The maximum Gasteiger partial charge on any atom is 0.314 e. The van der Waals surface area contributed by atoms with Gasteiger partial charge in [-0.15, -0.1) is 6.58 Å². The molecule has 1 saturated heterocycles. The van der Waals surface area contributed by atoms with Crippen molar-refractivity contribution in [2.45, 2.75) is 83.2 Å². The predicted molar refractivity (Wildman–Crippen MR) is 116 cm³/mol. The number of hydrogen-bond acceptors (Lipinski definition) is 3. The summed E-state index contributed by atoms with van der Waals surface area (Å²) in [6.45, 7) is 12.7. The van der Waals surface area contributed by atoms with Crippen molar-refractivity contribution in [1.82, 2.24) is 4.90 Å². The summed E-state index contributed by atoms with van der Waals surface area (Å²) >= 11 is 0. The molecule has 0 bridgehead atoms. The van der Waals surface area contributed by atoms with E-state index >= 15 is 4.39 Å². The van der Waals surface area contributed by atoms with Gasteiger partial charge < -0.3 is 4.74 Å². The number of carbonyl (C=O) groups excluding carboxylic acids is 1.